The Kier molecular flexibility index (Phi) is 2.39. The molecular formula is C3H2S5. The molecule has 0 atom stereocenters. The molecule has 0 fully saturated rings. The third-order valence-corrected chi connectivity index (χ3v) is 4.27. The van der Waals surface area contributed by atoms with Gasteiger partial charge in [-0.2, -0.15) is 0 Å². The maximum atomic E-state index is 4.86. The zero-order valence-electron chi connectivity index (χ0n) is 3.62. The van der Waals surface area contributed by atoms with Crippen LogP contribution in [0.4, 0.5) is 0 Å². The van der Waals surface area contributed by atoms with Crippen molar-refractivity contribution in [3.8, 4) is 0 Å². The summed E-state index contributed by atoms with van der Waals surface area (Å²) in [7, 11) is 0. The second-order valence-corrected chi connectivity index (χ2v) is 5.79. The molecule has 0 unspecified atom stereocenters. The summed E-state index contributed by atoms with van der Waals surface area (Å²) in [4.78, 5) is 0. The first-order valence-electron chi connectivity index (χ1n) is 1.72. The molecule has 0 amide bonds. The fourth-order valence-corrected chi connectivity index (χ4v) is 3.74. The molecule has 1 heterocycles. The molecule has 0 nitrogen and oxygen atoms in total. The third-order valence-electron chi connectivity index (χ3n) is 0.543. The second-order valence-electron chi connectivity index (χ2n) is 1.06. The molecule has 5 heteroatoms. The van der Waals surface area contributed by atoms with Crippen LogP contribution in [0.15, 0.2) is 8.42 Å². The highest BCUT2D eigenvalue weighted by Crippen LogP contribution is 2.30. The molecule has 1 aromatic rings. The Bertz CT molecular complexity index is 208. The first-order valence-corrected chi connectivity index (χ1v) is 4.65. The van der Waals surface area contributed by atoms with E-state index in [9.17, 15) is 0 Å². The van der Waals surface area contributed by atoms with Crippen molar-refractivity contribution >= 4 is 60.1 Å². The summed E-state index contributed by atoms with van der Waals surface area (Å²) in [6, 6.07) is 0. The minimum atomic E-state index is 0.889. The van der Waals surface area contributed by atoms with E-state index in [1.807, 2.05) is 0 Å². The maximum absolute atomic E-state index is 4.86. The zero-order chi connectivity index (χ0) is 6.15. The molecule has 0 spiro atoms. The number of thiol groups is 2. The molecule has 0 aliphatic heterocycles. The van der Waals surface area contributed by atoms with Crippen molar-refractivity contribution in [2.75, 3.05) is 0 Å². The van der Waals surface area contributed by atoms with E-state index >= 15 is 0 Å². The molecule has 1 rings (SSSR count). The highest BCUT2D eigenvalue weighted by atomic mass is 32.2. The highest BCUT2D eigenvalue weighted by molar-refractivity contribution is 7.88. The van der Waals surface area contributed by atoms with Gasteiger partial charge >= 0.3 is 0 Å². The Hall–Kier alpha value is 0.970. The Morgan fingerprint density at radius 1 is 1.12 bits per heavy atom. The van der Waals surface area contributed by atoms with Crippen LogP contribution in [0.2, 0.25) is 0 Å². The van der Waals surface area contributed by atoms with Crippen LogP contribution in [0.25, 0.3) is 0 Å². The van der Waals surface area contributed by atoms with Crippen molar-refractivity contribution in [1.29, 1.82) is 0 Å². The molecule has 0 bridgehead atoms. The number of hydrogen-bond donors (Lipinski definition) is 2. The molecule has 0 saturated heterocycles. The zero-order valence-corrected chi connectivity index (χ0v) is 7.86. The number of rotatable bonds is 0. The monoisotopic (exact) mass is 199 g/mol. The fourth-order valence-electron chi connectivity index (χ4n) is 0.266. The van der Waals surface area contributed by atoms with Gasteiger partial charge in [0, 0.05) is 0 Å². The Balaban J connectivity index is 3.35. The normalized spacial score (nSPS) is 9.75. The van der Waals surface area contributed by atoms with Crippen molar-refractivity contribution in [1.82, 2.24) is 0 Å². The Morgan fingerprint density at radius 2 is 1.50 bits per heavy atom. The van der Waals surface area contributed by atoms with Gasteiger partial charge in [0.15, 0.2) is 0 Å². The quantitative estimate of drug-likeness (QED) is 0.478. The molecule has 0 aliphatic rings. The predicted octanol–water partition coefficient (Wildman–Crippen LogP) is 3.12. The van der Waals surface area contributed by atoms with E-state index in [0.29, 0.717) is 0 Å². The minimum absolute atomic E-state index is 0.889. The molecular weight excluding hydrogens is 197 g/mol. The summed E-state index contributed by atoms with van der Waals surface area (Å²) in [6.07, 6.45) is 0. The van der Waals surface area contributed by atoms with Crippen LogP contribution in [-0.2, 0) is 0 Å². The SMILES string of the molecule is S=[13c]1sc(S)c(S)s1. The van der Waals surface area contributed by atoms with E-state index in [0.717, 1.165) is 11.6 Å². The van der Waals surface area contributed by atoms with E-state index in [2.05, 4.69) is 25.3 Å². The average Bonchev–Trinajstić information content (AvgIpc) is 1.85. The van der Waals surface area contributed by atoms with Crippen LogP contribution in [0, 0.1) is 3.14 Å². The molecule has 8 heavy (non-hydrogen) atoms. The lowest BCUT2D eigenvalue weighted by Gasteiger charge is -1.75. The third kappa shape index (κ3) is 1.48. The lowest BCUT2D eigenvalue weighted by Crippen LogP contribution is -1.43. The first-order chi connectivity index (χ1) is 3.70. The lowest BCUT2D eigenvalue weighted by molar-refractivity contribution is 1.56. The standard InChI is InChI=1S/C3H2S5/c4-1-2(5)8-3(6)7-1/h4-5H/i3+1. The van der Waals surface area contributed by atoms with E-state index in [4.69, 9.17) is 12.2 Å². The fraction of sp³-hybridized carbons (Fsp3) is 0. The van der Waals surface area contributed by atoms with Gasteiger partial charge < -0.3 is 0 Å². The van der Waals surface area contributed by atoms with E-state index in [1.165, 1.54) is 22.7 Å². The molecule has 1 aromatic heterocycles. The summed E-state index contributed by atoms with van der Waals surface area (Å²) in [6.45, 7) is 0. The van der Waals surface area contributed by atoms with Gasteiger partial charge in [-0.25, -0.2) is 0 Å². The van der Waals surface area contributed by atoms with Crippen molar-refractivity contribution in [2.45, 2.75) is 8.42 Å². The van der Waals surface area contributed by atoms with Gasteiger partial charge in [-0.1, -0.05) is 12.2 Å². The van der Waals surface area contributed by atoms with Crippen molar-refractivity contribution in [3.63, 3.8) is 0 Å². The Labute approximate surface area is 71.4 Å². The first kappa shape index (κ1) is 7.08. The van der Waals surface area contributed by atoms with Crippen molar-refractivity contribution < 1.29 is 0 Å². The molecule has 0 saturated carbocycles. The van der Waals surface area contributed by atoms with Crippen LogP contribution in [-0.4, -0.2) is 0 Å². The molecule has 0 N–H and O–H groups in total. The summed E-state index contributed by atoms with van der Waals surface area (Å²) in [5.74, 6) is 0. The van der Waals surface area contributed by atoms with Gasteiger partial charge in [-0.3, -0.25) is 0 Å². The van der Waals surface area contributed by atoms with E-state index in [-0.39, 0.29) is 0 Å². The molecule has 0 aromatic carbocycles. The van der Waals surface area contributed by atoms with E-state index in [1.54, 1.807) is 0 Å². The van der Waals surface area contributed by atoms with Gasteiger partial charge in [0.05, 0.1) is 8.42 Å². The highest BCUT2D eigenvalue weighted by Gasteiger charge is 1.95. The summed E-state index contributed by atoms with van der Waals surface area (Å²) in [5, 5.41) is 0. The molecule has 0 aliphatic carbocycles. The largest absolute Gasteiger partial charge is 0.145 e. The van der Waals surface area contributed by atoms with Crippen molar-refractivity contribution in [3.05, 3.63) is 3.14 Å². The lowest BCUT2D eigenvalue weighted by atomic mass is 11.1. The summed E-state index contributed by atoms with van der Waals surface area (Å²) < 4.78 is 2.73. The van der Waals surface area contributed by atoms with Gasteiger partial charge in [0.2, 0.25) is 0 Å². The minimum Gasteiger partial charge on any atom is -0.131 e. The number of hydrogen-bond acceptors (Lipinski definition) is 5. The van der Waals surface area contributed by atoms with Crippen LogP contribution in [0.1, 0.15) is 0 Å². The molecule has 0 radical (unpaired) electrons. The van der Waals surface area contributed by atoms with Crippen LogP contribution in [0.5, 0.6) is 0 Å². The van der Waals surface area contributed by atoms with Crippen LogP contribution >= 0.6 is 60.1 Å². The smallest absolute Gasteiger partial charge is 0.131 e. The second kappa shape index (κ2) is 2.70. The van der Waals surface area contributed by atoms with E-state index < -0.39 is 0 Å². The van der Waals surface area contributed by atoms with Crippen LogP contribution < -0.4 is 0 Å². The topological polar surface area (TPSA) is 0 Å². The van der Waals surface area contributed by atoms with Crippen LogP contribution in [0.3, 0.4) is 0 Å². The van der Waals surface area contributed by atoms with Gasteiger partial charge in [0.1, 0.15) is 3.14 Å². The Morgan fingerprint density at radius 3 is 1.62 bits per heavy atom. The average molecular weight is 199 g/mol. The van der Waals surface area contributed by atoms with Gasteiger partial charge in [-0.15, -0.1) is 47.9 Å². The van der Waals surface area contributed by atoms with Gasteiger partial charge in [-0.05, 0) is 0 Å². The predicted molar refractivity (Wildman–Crippen MR) is 47.5 cm³/mol. The summed E-state index contributed by atoms with van der Waals surface area (Å²) >= 11 is 16.0. The maximum Gasteiger partial charge on any atom is 0.145 e. The van der Waals surface area contributed by atoms with Gasteiger partial charge in [0.25, 0.3) is 0 Å². The summed E-state index contributed by atoms with van der Waals surface area (Å²) in [5.41, 5.74) is 0. The van der Waals surface area contributed by atoms with Crippen molar-refractivity contribution in [2.24, 2.45) is 0 Å². The molecule has 44 valence electrons.